The summed E-state index contributed by atoms with van der Waals surface area (Å²) in [5.41, 5.74) is 3.42. The standard InChI is InChI=1S/C21H27N5S2/c1-4-22-21(24-13-11-19-25-15(2)16(3)28-19)23-12-10-18-14-27-20(26-18)17-8-6-5-7-9-17/h5-9,14H,4,10-13H2,1-3H3,(H2,22,23,24). The molecular formula is C21H27N5S2. The molecule has 3 rings (SSSR count). The quantitative estimate of drug-likeness (QED) is 0.429. The Balaban J connectivity index is 1.48. The van der Waals surface area contributed by atoms with Gasteiger partial charge in [-0.15, -0.1) is 22.7 Å². The van der Waals surface area contributed by atoms with E-state index in [0.29, 0.717) is 0 Å². The van der Waals surface area contributed by atoms with Crippen LogP contribution in [0.3, 0.4) is 0 Å². The van der Waals surface area contributed by atoms with Crippen molar-refractivity contribution in [3.05, 3.63) is 57.0 Å². The number of aliphatic imine (C=N–C) groups is 1. The summed E-state index contributed by atoms with van der Waals surface area (Å²) in [5.74, 6) is 0.853. The summed E-state index contributed by atoms with van der Waals surface area (Å²) in [6.45, 7) is 8.64. The largest absolute Gasteiger partial charge is 0.357 e. The van der Waals surface area contributed by atoms with Crippen LogP contribution >= 0.6 is 22.7 Å². The van der Waals surface area contributed by atoms with Crippen molar-refractivity contribution in [2.75, 3.05) is 19.6 Å². The van der Waals surface area contributed by atoms with Gasteiger partial charge in [-0.2, -0.15) is 0 Å². The zero-order chi connectivity index (χ0) is 19.8. The lowest BCUT2D eigenvalue weighted by Gasteiger charge is -2.10. The Hall–Kier alpha value is -2.25. The maximum absolute atomic E-state index is 4.75. The van der Waals surface area contributed by atoms with Crippen molar-refractivity contribution in [3.63, 3.8) is 0 Å². The predicted molar refractivity (Wildman–Crippen MR) is 121 cm³/mol. The van der Waals surface area contributed by atoms with Gasteiger partial charge in [0.15, 0.2) is 5.96 Å². The van der Waals surface area contributed by atoms with Gasteiger partial charge in [0.1, 0.15) is 5.01 Å². The number of aryl methyl sites for hydroxylation is 2. The van der Waals surface area contributed by atoms with Crippen molar-refractivity contribution in [3.8, 4) is 10.6 Å². The second-order valence-electron chi connectivity index (χ2n) is 6.45. The van der Waals surface area contributed by atoms with E-state index in [1.165, 1.54) is 10.4 Å². The number of nitrogens with one attached hydrogen (secondary N) is 2. The normalized spacial score (nSPS) is 11.6. The molecule has 0 radical (unpaired) electrons. The highest BCUT2D eigenvalue weighted by molar-refractivity contribution is 7.13. The highest BCUT2D eigenvalue weighted by Crippen LogP contribution is 2.23. The molecule has 0 aliphatic carbocycles. The van der Waals surface area contributed by atoms with Gasteiger partial charge in [-0.05, 0) is 20.8 Å². The summed E-state index contributed by atoms with van der Waals surface area (Å²) >= 11 is 3.46. The zero-order valence-corrected chi connectivity index (χ0v) is 18.3. The summed E-state index contributed by atoms with van der Waals surface area (Å²) in [6, 6.07) is 10.3. The van der Waals surface area contributed by atoms with E-state index in [1.54, 1.807) is 22.7 Å². The molecule has 2 N–H and O–H groups in total. The molecule has 0 saturated carbocycles. The Morgan fingerprint density at radius 1 is 1.07 bits per heavy atom. The minimum Gasteiger partial charge on any atom is -0.357 e. The van der Waals surface area contributed by atoms with Crippen LogP contribution in [0.15, 0.2) is 40.7 Å². The predicted octanol–water partition coefficient (Wildman–Crippen LogP) is 4.22. The third-order valence-corrected chi connectivity index (χ3v) is 6.33. The molecule has 0 fully saturated rings. The number of hydrogen-bond donors (Lipinski definition) is 2. The lowest BCUT2D eigenvalue weighted by Crippen LogP contribution is -2.38. The maximum Gasteiger partial charge on any atom is 0.191 e. The van der Waals surface area contributed by atoms with E-state index in [2.05, 4.69) is 58.9 Å². The second-order valence-corrected chi connectivity index (χ2v) is 8.59. The molecule has 0 unspecified atom stereocenters. The number of benzene rings is 1. The molecule has 1 aromatic carbocycles. The number of thiazole rings is 2. The minimum absolute atomic E-state index is 0.733. The van der Waals surface area contributed by atoms with Gasteiger partial charge in [0.25, 0.3) is 0 Å². The molecule has 2 aromatic heterocycles. The Morgan fingerprint density at radius 2 is 1.89 bits per heavy atom. The van der Waals surface area contributed by atoms with E-state index < -0.39 is 0 Å². The van der Waals surface area contributed by atoms with Gasteiger partial charge in [0.05, 0.1) is 16.4 Å². The van der Waals surface area contributed by atoms with E-state index >= 15 is 0 Å². The van der Waals surface area contributed by atoms with Crippen LogP contribution in [-0.2, 0) is 12.8 Å². The molecule has 0 bridgehead atoms. The molecule has 3 aromatic rings. The Kier molecular flexibility index (Phi) is 7.56. The van der Waals surface area contributed by atoms with Crippen LogP contribution in [-0.4, -0.2) is 35.6 Å². The summed E-state index contributed by atoms with van der Waals surface area (Å²) in [7, 11) is 0. The van der Waals surface area contributed by atoms with Gasteiger partial charge >= 0.3 is 0 Å². The van der Waals surface area contributed by atoms with Crippen LogP contribution < -0.4 is 10.6 Å². The Morgan fingerprint density at radius 3 is 2.61 bits per heavy atom. The van der Waals surface area contributed by atoms with Crippen molar-refractivity contribution in [2.45, 2.75) is 33.6 Å². The molecule has 2 heterocycles. The van der Waals surface area contributed by atoms with Crippen LogP contribution in [0.5, 0.6) is 0 Å². The van der Waals surface area contributed by atoms with E-state index in [4.69, 9.17) is 4.98 Å². The van der Waals surface area contributed by atoms with E-state index in [0.717, 1.165) is 59.8 Å². The van der Waals surface area contributed by atoms with Gasteiger partial charge in [-0.1, -0.05) is 30.3 Å². The fourth-order valence-corrected chi connectivity index (χ4v) is 4.48. The van der Waals surface area contributed by atoms with Gasteiger partial charge in [-0.3, -0.25) is 4.99 Å². The topological polar surface area (TPSA) is 62.2 Å². The highest BCUT2D eigenvalue weighted by atomic mass is 32.1. The van der Waals surface area contributed by atoms with Crippen LogP contribution in [0, 0.1) is 13.8 Å². The van der Waals surface area contributed by atoms with E-state index in [1.807, 2.05) is 18.2 Å². The third kappa shape index (κ3) is 5.87. The van der Waals surface area contributed by atoms with Crippen LogP contribution in [0.4, 0.5) is 0 Å². The van der Waals surface area contributed by atoms with Gasteiger partial charge in [0, 0.05) is 48.3 Å². The molecule has 5 nitrogen and oxygen atoms in total. The minimum atomic E-state index is 0.733. The van der Waals surface area contributed by atoms with Crippen LogP contribution in [0.25, 0.3) is 10.6 Å². The number of guanidine groups is 1. The number of hydrogen-bond acceptors (Lipinski definition) is 5. The average molecular weight is 414 g/mol. The van der Waals surface area contributed by atoms with Gasteiger partial charge in [0.2, 0.25) is 0 Å². The molecule has 0 spiro atoms. The number of aromatic nitrogens is 2. The SMILES string of the molecule is CCNC(=NCCc1nc(C)c(C)s1)NCCc1csc(-c2ccccc2)n1. The molecule has 28 heavy (non-hydrogen) atoms. The van der Waals surface area contributed by atoms with Crippen molar-refractivity contribution in [1.29, 1.82) is 0 Å². The average Bonchev–Trinajstić information content (AvgIpc) is 3.29. The van der Waals surface area contributed by atoms with Crippen molar-refractivity contribution in [1.82, 2.24) is 20.6 Å². The molecule has 0 amide bonds. The monoisotopic (exact) mass is 413 g/mol. The first-order valence-electron chi connectivity index (χ1n) is 9.60. The Labute approximate surface area is 175 Å². The van der Waals surface area contributed by atoms with Gasteiger partial charge in [-0.25, -0.2) is 9.97 Å². The molecule has 0 saturated heterocycles. The first-order chi connectivity index (χ1) is 13.7. The highest BCUT2D eigenvalue weighted by Gasteiger charge is 2.06. The Bertz CT molecular complexity index is 879. The van der Waals surface area contributed by atoms with E-state index in [9.17, 15) is 0 Å². The molecule has 0 aliphatic heterocycles. The van der Waals surface area contributed by atoms with E-state index in [-0.39, 0.29) is 0 Å². The summed E-state index contributed by atoms with van der Waals surface area (Å²) in [6.07, 6.45) is 1.75. The van der Waals surface area contributed by atoms with Crippen LogP contribution in [0.2, 0.25) is 0 Å². The second kappa shape index (κ2) is 10.3. The molecule has 0 atom stereocenters. The molecule has 7 heteroatoms. The zero-order valence-electron chi connectivity index (χ0n) is 16.7. The summed E-state index contributed by atoms with van der Waals surface area (Å²) in [4.78, 5) is 15.3. The fraction of sp³-hybridized carbons (Fsp3) is 0.381. The lowest BCUT2D eigenvalue weighted by atomic mass is 10.2. The third-order valence-electron chi connectivity index (χ3n) is 4.26. The first-order valence-corrected chi connectivity index (χ1v) is 11.3. The lowest BCUT2D eigenvalue weighted by molar-refractivity contribution is 0.788. The maximum atomic E-state index is 4.75. The number of rotatable bonds is 8. The van der Waals surface area contributed by atoms with Crippen molar-refractivity contribution < 1.29 is 0 Å². The fourth-order valence-electron chi connectivity index (χ4n) is 2.70. The molecule has 148 valence electrons. The summed E-state index contributed by atoms with van der Waals surface area (Å²) in [5, 5.41) is 11.1. The van der Waals surface area contributed by atoms with Crippen molar-refractivity contribution >= 4 is 28.6 Å². The molecule has 0 aliphatic rings. The summed E-state index contributed by atoms with van der Waals surface area (Å²) < 4.78 is 0. The molecular weight excluding hydrogens is 386 g/mol. The van der Waals surface area contributed by atoms with Gasteiger partial charge < -0.3 is 10.6 Å². The smallest absolute Gasteiger partial charge is 0.191 e. The first kappa shape index (κ1) is 20.5. The van der Waals surface area contributed by atoms with Crippen LogP contribution in [0.1, 0.15) is 28.2 Å². The van der Waals surface area contributed by atoms with Crippen molar-refractivity contribution in [2.24, 2.45) is 4.99 Å². The number of nitrogens with zero attached hydrogens (tertiary/aromatic N) is 3.